The highest BCUT2D eigenvalue weighted by atomic mass is 16.5. The lowest BCUT2D eigenvalue weighted by atomic mass is 10.0. The second kappa shape index (κ2) is 7.31. The first kappa shape index (κ1) is 17.5. The van der Waals surface area contributed by atoms with Crippen molar-refractivity contribution in [2.24, 2.45) is 0 Å². The first-order chi connectivity index (χ1) is 12.5. The molecule has 0 fully saturated rings. The molecule has 6 nitrogen and oxygen atoms in total. The number of aromatic hydroxyl groups is 2. The number of benzene rings is 2. The molecule has 0 saturated heterocycles. The average Bonchev–Trinajstić information content (AvgIpc) is 2.61. The van der Waals surface area contributed by atoms with Gasteiger partial charge in [-0.1, -0.05) is 25.5 Å². The van der Waals surface area contributed by atoms with Crippen molar-refractivity contribution in [2.75, 3.05) is 0 Å². The molecule has 0 spiro atoms. The molecular weight excluding hydrogens is 336 g/mol. The van der Waals surface area contributed by atoms with Crippen molar-refractivity contribution in [3.05, 3.63) is 52.9 Å². The fourth-order valence-electron chi connectivity index (χ4n) is 2.61. The van der Waals surface area contributed by atoms with Crippen molar-refractivity contribution in [3.8, 4) is 28.4 Å². The zero-order chi connectivity index (χ0) is 18.7. The molecule has 6 heteroatoms. The molecule has 1 heterocycles. The normalized spacial score (nSPS) is 10.8. The second-order valence-corrected chi connectivity index (χ2v) is 5.92. The summed E-state index contributed by atoms with van der Waals surface area (Å²) >= 11 is 0. The Morgan fingerprint density at radius 3 is 2.58 bits per heavy atom. The lowest BCUT2D eigenvalue weighted by molar-refractivity contribution is -0.134. The molecule has 3 rings (SSSR count). The van der Waals surface area contributed by atoms with Gasteiger partial charge in [0.05, 0.1) is 5.56 Å². The average molecular weight is 354 g/mol. The predicted molar refractivity (Wildman–Crippen MR) is 96.4 cm³/mol. The number of hydrogen-bond donors (Lipinski definition) is 2. The Kier molecular flexibility index (Phi) is 4.93. The van der Waals surface area contributed by atoms with Gasteiger partial charge in [-0.2, -0.15) is 0 Å². The van der Waals surface area contributed by atoms with E-state index in [1.54, 1.807) is 12.1 Å². The summed E-state index contributed by atoms with van der Waals surface area (Å²) in [6.07, 6.45) is 3.13. The highest BCUT2D eigenvalue weighted by molar-refractivity contribution is 5.88. The summed E-state index contributed by atoms with van der Waals surface area (Å²) in [6.45, 7) is 1.97. The van der Waals surface area contributed by atoms with Gasteiger partial charge in [-0.05, 0) is 24.1 Å². The highest BCUT2D eigenvalue weighted by Crippen LogP contribution is 2.30. The van der Waals surface area contributed by atoms with Crippen LogP contribution < -0.4 is 10.2 Å². The Labute approximate surface area is 149 Å². The third-order valence-electron chi connectivity index (χ3n) is 3.97. The van der Waals surface area contributed by atoms with Crippen molar-refractivity contribution in [2.45, 2.75) is 26.2 Å². The van der Waals surface area contributed by atoms with Crippen molar-refractivity contribution >= 4 is 16.9 Å². The third-order valence-corrected chi connectivity index (χ3v) is 3.97. The summed E-state index contributed by atoms with van der Waals surface area (Å²) in [4.78, 5) is 24.5. The van der Waals surface area contributed by atoms with E-state index in [1.807, 2.05) is 6.92 Å². The number of unbranched alkanes of at least 4 members (excludes halogenated alkanes) is 1. The van der Waals surface area contributed by atoms with Gasteiger partial charge in [0.2, 0.25) is 5.43 Å². The van der Waals surface area contributed by atoms with Crippen LogP contribution in [0.15, 0.2) is 51.9 Å². The van der Waals surface area contributed by atoms with Crippen LogP contribution in [-0.4, -0.2) is 16.2 Å². The maximum absolute atomic E-state index is 12.7. The molecular formula is C20H18O6. The molecule has 26 heavy (non-hydrogen) atoms. The van der Waals surface area contributed by atoms with Gasteiger partial charge >= 0.3 is 5.97 Å². The molecule has 0 saturated carbocycles. The minimum Gasteiger partial charge on any atom is -0.508 e. The van der Waals surface area contributed by atoms with Crippen LogP contribution in [0.5, 0.6) is 17.2 Å². The van der Waals surface area contributed by atoms with E-state index >= 15 is 0 Å². The SMILES string of the molecule is CCCCC(=O)Oc1cc(O)c2c(=O)c(-c3ccc(O)cc3)coc2c1. The van der Waals surface area contributed by atoms with Gasteiger partial charge in [0, 0.05) is 18.6 Å². The van der Waals surface area contributed by atoms with E-state index in [0.717, 1.165) is 6.42 Å². The van der Waals surface area contributed by atoms with E-state index < -0.39 is 11.4 Å². The Morgan fingerprint density at radius 2 is 1.88 bits per heavy atom. The number of fused-ring (bicyclic) bond motifs is 1. The number of carbonyl (C=O) groups excluding carboxylic acids is 1. The minimum atomic E-state index is -0.418. The lowest BCUT2D eigenvalue weighted by Crippen LogP contribution is -2.08. The molecule has 0 amide bonds. The quantitative estimate of drug-likeness (QED) is 0.531. The van der Waals surface area contributed by atoms with Gasteiger partial charge in [-0.25, -0.2) is 0 Å². The van der Waals surface area contributed by atoms with Gasteiger partial charge in [0.25, 0.3) is 0 Å². The van der Waals surface area contributed by atoms with Crippen LogP contribution in [-0.2, 0) is 4.79 Å². The molecule has 2 aromatic carbocycles. The fraction of sp³-hybridized carbons (Fsp3) is 0.200. The number of esters is 1. The summed E-state index contributed by atoms with van der Waals surface area (Å²) in [5.74, 6) is -0.531. The monoisotopic (exact) mass is 354 g/mol. The van der Waals surface area contributed by atoms with Gasteiger partial charge in [0.1, 0.15) is 34.5 Å². The summed E-state index contributed by atoms with van der Waals surface area (Å²) in [5, 5.41) is 19.6. The molecule has 0 aliphatic heterocycles. The maximum Gasteiger partial charge on any atom is 0.311 e. The van der Waals surface area contributed by atoms with Crippen LogP contribution in [0.3, 0.4) is 0 Å². The van der Waals surface area contributed by atoms with Crippen LogP contribution >= 0.6 is 0 Å². The lowest BCUT2D eigenvalue weighted by Gasteiger charge is -2.08. The summed E-state index contributed by atoms with van der Waals surface area (Å²) in [6, 6.07) is 8.70. The highest BCUT2D eigenvalue weighted by Gasteiger charge is 2.15. The molecule has 1 aromatic heterocycles. The molecule has 2 N–H and O–H groups in total. The zero-order valence-corrected chi connectivity index (χ0v) is 14.2. The number of carbonyl (C=O) groups is 1. The van der Waals surface area contributed by atoms with Crippen LogP contribution in [0.25, 0.3) is 22.1 Å². The van der Waals surface area contributed by atoms with Crippen molar-refractivity contribution < 1.29 is 24.2 Å². The summed E-state index contributed by atoms with van der Waals surface area (Å²) in [5.41, 5.74) is 0.502. The smallest absolute Gasteiger partial charge is 0.311 e. The Morgan fingerprint density at radius 1 is 1.15 bits per heavy atom. The first-order valence-corrected chi connectivity index (χ1v) is 8.28. The van der Waals surface area contributed by atoms with E-state index in [1.165, 1.54) is 30.5 Å². The minimum absolute atomic E-state index is 0.00364. The van der Waals surface area contributed by atoms with E-state index in [-0.39, 0.29) is 40.2 Å². The standard InChI is InChI=1S/C20H18O6/c1-2-3-4-18(23)26-14-9-16(22)19-17(10-14)25-11-15(20(19)24)12-5-7-13(21)8-6-12/h5-11,21-22H,2-4H2,1H3. The van der Waals surface area contributed by atoms with Gasteiger partial charge in [0.15, 0.2) is 0 Å². The molecule has 134 valence electrons. The van der Waals surface area contributed by atoms with Crippen molar-refractivity contribution in [1.82, 2.24) is 0 Å². The van der Waals surface area contributed by atoms with Crippen LogP contribution in [0.4, 0.5) is 0 Å². The Hall–Kier alpha value is -3.28. The first-order valence-electron chi connectivity index (χ1n) is 8.28. The Bertz CT molecular complexity index is 1000. The Balaban J connectivity index is 2.00. The molecule has 0 aliphatic carbocycles. The van der Waals surface area contributed by atoms with E-state index in [2.05, 4.69) is 0 Å². The third kappa shape index (κ3) is 3.54. The molecule has 0 radical (unpaired) electrons. The van der Waals surface area contributed by atoms with Crippen LogP contribution in [0.2, 0.25) is 0 Å². The number of rotatable bonds is 5. The van der Waals surface area contributed by atoms with E-state index in [4.69, 9.17) is 9.15 Å². The van der Waals surface area contributed by atoms with Crippen LogP contribution in [0, 0.1) is 0 Å². The summed E-state index contributed by atoms with van der Waals surface area (Å²) < 4.78 is 10.7. The number of ether oxygens (including phenoxy) is 1. The number of phenols is 2. The predicted octanol–water partition coefficient (Wildman–Crippen LogP) is 3.97. The number of phenolic OH excluding ortho intramolecular Hbond substituents is 2. The van der Waals surface area contributed by atoms with Gasteiger partial charge in [-0.15, -0.1) is 0 Å². The topological polar surface area (TPSA) is 97.0 Å². The van der Waals surface area contributed by atoms with Crippen molar-refractivity contribution in [3.63, 3.8) is 0 Å². The van der Waals surface area contributed by atoms with E-state index in [9.17, 15) is 19.8 Å². The molecule has 0 bridgehead atoms. The zero-order valence-electron chi connectivity index (χ0n) is 14.2. The molecule has 0 aliphatic rings. The van der Waals surface area contributed by atoms with Gasteiger partial charge < -0.3 is 19.4 Å². The fourth-order valence-corrected chi connectivity index (χ4v) is 2.61. The van der Waals surface area contributed by atoms with Crippen molar-refractivity contribution in [1.29, 1.82) is 0 Å². The molecule has 3 aromatic rings. The maximum atomic E-state index is 12.7. The molecule has 0 atom stereocenters. The van der Waals surface area contributed by atoms with Gasteiger partial charge in [-0.3, -0.25) is 9.59 Å². The van der Waals surface area contributed by atoms with E-state index in [0.29, 0.717) is 12.0 Å². The summed E-state index contributed by atoms with van der Waals surface area (Å²) in [7, 11) is 0. The van der Waals surface area contributed by atoms with Crippen LogP contribution in [0.1, 0.15) is 26.2 Å². The largest absolute Gasteiger partial charge is 0.508 e. The molecule has 0 unspecified atom stereocenters. The number of hydrogen-bond acceptors (Lipinski definition) is 6. The second-order valence-electron chi connectivity index (χ2n) is 5.92.